The highest BCUT2D eigenvalue weighted by Gasteiger charge is 2.21. The van der Waals surface area contributed by atoms with Gasteiger partial charge in [-0.3, -0.25) is 4.90 Å². The Kier molecular flexibility index (Phi) is 6.22. The second kappa shape index (κ2) is 9.02. The molecule has 1 N–H and O–H groups in total. The molecule has 29 heavy (non-hydrogen) atoms. The molecule has 0 radical (unpaired) electrons. The van der Waals surface area contributed by atoms with Crippen LogP contribution in [0.4, 0.5) is 9.18 Å². The van der Waals surface area contributed by atoms with Crippen LogP contribution in [0.1, 0.15) is 16.8 Å². The van der Waals surface area contributed by atoms with Crippen LogP contribution in [0.15, 0.2) is 40.4 Å². The third-order valence-corrected chi connectivity index (χ3v) is 6.67. The molecule has 1 aromatic carbocycles. The number of aromatic nitrogens is 1. The summed E-state index contributed by atoms with van der Waals surface area (Å²) in [5.41, 5.74) is 3.64. The molecular weight excluding hydrogens is 407 g/mol. The van der Waals surface area contributed by atoms with E-state index in [9.17, 15) is 9.18 Å². The first kappa shape index (κ1) is 20.0. The van der Waals surface area contributed by atoms with Gasteiger partial charge in [-0.15, -0.1) is 11.3 Å². The van der Waals surface area contributed by atoms with Gasteiger partial charge in [0.2, 0.25) is 0 Å². The molecule has 0 bridgehead atoms. The largest absolute Gasteiger partial charge is 0.334 e. The Labute approximate surface area is 177 Å². The normalized spacial score (nSPS) is 14.9. The van der Waals surface area contributed by atoms with Gasteiger partial charge >= 0.3 is 6.03 Å². The number of thiophene rings is 1. The van der Waals surface area contributed by atoms with Crippen LogP contribution in [0.5, 0.6) is 0 Å². The zero-order valence-corrected chi connectivity index (χ0v) is 17.9. The Morgan fingerprint density at radius 2 is 2.03 bits per heavy atom. The van der Waals surface area contributed by atoms with Crippen molar-refractivity contribution < 1.29 is 9.18 Å². The number of nitrogens with one attached hydrogen (secondary N) is 1. The third-order valence-electron chi connectivity index (χ3n) is 5.04. The summed E-state index contributed by atoms with van der Waals surface area (Å²) >= 11 is 3.36. The van der Waals surface area contributed by atoms with E-state index in [-0.39, 0.29) is 11.8 Å². The number of hydrogen-bond donors (Lipinski definition) is 1. The summed E-state index contributed by atoms with van der Waals surface area (Å²) in [6.07, 6.45) is 0. The molecule has 0 spiro atoms. The molecule has 4 rings (SSSR count). The van der Waals surface area contributed by atoms with E-state index in [1.165, 1.54) is 11.6 Å². The zero-order valence-electron chi connectivity index (χ0n) is 16.2. The van der Waals surface area contributed by atoms with Crippen LogP contribution in [-0.2, 0) is 13.1 Å². The van der Waals surface area contributed by atoms with Crippen LogP contribution >= 0.6 is 22.7 Å². The zero-order chi connectivity index (χ0) is 20.2. The van der Waals surface area contributed by atoms with E-state index in [0.29, 0.717) is 25.2 Å². The highest BCUT2D eigenvalue weighted by Crippen LogP contribution is 2.26. The lowest BCUT2D eigenvalue weighted by atomic mass is 10.1. The lowest BCUT2D eigenvalue weighted by molar-refractivity contribution is 0.134. The van der Waals surface area contributed by atoms with Crippen molar-refractivity contribution in [3.63, 3.8) is 0 Å². The van der Waals surface area contributed by atoms with Crippen LogP contribution in [0.3, 0.4) is 0 Å². The van der Waals surface area contributed by atoms with Gasteiger partial charge in [-0.2, -0.15) is 11.3 Å². The van der Waals surface area contributed by atoms with E-state index in [1.807, 2.05) is 11.0 Å². The molecule has 1 fully saturated rings. The second-order valence-corrected chi connectivity index (χ2v) is 8.80. The quantitative estimate of drug-likeness (QED) is 0.655. The molecule has 1 aliphatic rings. The monoisotopic (exact) mass is 430 g/mol. The summed E-state index contributed by atoms with van der Waals surface area (Å²) in [6, 6.07) is 7.05. The predicted molar refractivity (Wildman–Crippen MR) is 116 cm³/mol. The van der Waals surface area contributed by atoms with Crippen molar-refractivity contribution >= 4 is 28.7 Å². The topological polar surface area (TPSA) is 48.5 Å². The minimum Gasteiger partial charge on any atom is -0.334 e. The van der Waals surface area contributed by atoms with E-state index < -0.39 is 0 Å². The number of piperazine rings is 1. The number of amides is 2. The Hall–Kier alpha value is -2.29. The number of benzene rings is 1. The van der Waals surface area contributed by atoms with E-state index >= 15 is 0 Å². The van der Waals surface area contributed by atoms with Gasteiger partial charge in [0.05, 0.1) is 5.69 Å². The number of urea groups is 1. The SMILES string of the molecule is Cc1ccc(CNC(=O)N2CCN(Cc3csc(-c4ccsc4)n3)CC2)cc1F. The third kappa shape index (κ3) is 5.01. The van der Waals surface area contributed by atoms with Crippen molar-refractivity contribution in [1.29, 1.82) is 0 Å². The molecule has 3 aromatic rings. The molecule has 5 nitrogen and oxygen atoms in total. The maximum atomic E-state index is 13.6. The molecule has 152 valence electrons. The number of halogens is 1. The van der Waals surface area contributed by atoms with Gasteiger partial charge in [0.15, 0.2) is 0 Å². The molecule has 0 unspecified atom stereocenters. The number of nitrogens with zero attached hydrogens (tertiary/aromatic N) is 3. The average molecular weight is 431 g/mol. The molecule has 0 atom stereocenters. The van der Waals surface area contributed by atoms with Gasteiger partial charge in [0.25, 0.3) is 0 Å². The van der Waals surface area contributed by atoms with Crippen molar-refractivity contribution in [2.75, 3.05) is 26.2 Å². The van der Waals surface area contributed by atoms with Gasteiger partial charge in [-0.05, 0) is 35.6 Å². The first-order valence-electron chi connectivity index (χ1n) is 9.55. The van der Waals surface area contributed by atoms with Gasteiger partial charge in [0.1, 0.15) is 10.8 Å². The van der Waals surface area contributed by atoms with E-state index in [0.717, 1.165) is 35.9 Å². The lowest BCUT2D eigenvalue weighted by Gasteiger charge is -2.34. The Bertz CT molecular complexity index is 965. The number of aryl methyl sites for hydroxylation is 1. The van der Waals surface area contributed by atoms with Crippen LogP contribution < -0.4 is 5.32 Å². The summed E-state index contributed by atoms with van der Waals surface area (Å²) < 4.78 is 13.6. The van der Waals surface area contributed by atoms with Gasteiger partial charge < -0.3 is 10.2 Å². The van der Waals surface area contributed by atoms with Gasteiger partial charge in [-0.25, -0.2) is 14.2 Å². The maximum Gasteiger partial charge on any atom is 0.317 e. The maximum absolute atomic E-state index is 13.6. The smallest absolute Gasteiger partial charge is 0.317 e. The fraction of sp³-hybridized carbons (Fsp3) is 0.333. The molecule has 0 saturated carbocycles. The molecule has 2 amide bonds. The summed E-state index contributed by atoms with van der Waals surface area (Å²) in [6.45, 7) is 5.85. The molecular formula is C21H23FN4OS2. The second-order valence-electron chi connectivity index (χ2n) is 7.16. The molecule has 0 aliphatic carbocycles. The van der Waals surface area contributed by atoms with Crippen LogP contribution in [-0.4, -0.2) is 47.0 Å². The predicted octanol–water partition coefficient (Wildman–Crippen LogP) is 4.35. The molecule has 8 heteroatoms. The number of carbonyl (C=O) groups excluding carboxylic acids is 1. The summed E-state index contributed by atoms with van der Waals surface area (Å²) in [5, 5.41) is 10.3. The highest BCUT2D eigenvalue weighted by atomic mass is 32.1. The van der Waals surface area contributed by atoms with E-state index in [2.05, 4.69) is 32.4 Å². The van der Waals surface area contributed by atoms with Crippen molar-refractivity contribution in [1.82, 2.24) is 20.1 Å². The fourth-order valence-corrected chi connectivity index (χ4v) is 4.80. The van der Waals surface area contributed by atoms with Crippen molar-refractivity contribution in [2.45, 2.75) is 20.0 Å². The Morgan fingerprint density at radius 3 is 2.76 bits per heavy atom. The summed E-state index contributed by atoms with van der Waals surface area (Å²) in [4.78, 5) is 21.3. The Morgan fingerprint density at radius 1 is 1.21 bits per heavy atom. The number of thiazole rings is 1. The molecule has 1 aliphatic heterocycles. The molecule has 1 saturated heterocycles. The minimum absolute atomic E-state index is 0.0981. The highest BCUT2D eigenvalue weighted by molar-refractivity contribution is 7.14. The van der Waals surface area contributed by atoms with Crippen LogP contribution in [0.25, 0.3) is 10.6 Å². The van der Waals surface area contributed by atoms with Crippen molar-refractivity contribution in [2.24, 2.45) is 0 Å². The van der Waals surface area contributed by atoms with Gasteiger partial charge in [-0.1, -0.05) is 12.1 Å². The summed E-state index contributed by atoms with van der Waals surface area (Å²) in [7, 11) is 0. The Balaban J connectivity index is 1.23. The lowest BCUT2D eigenvalue weighted by Crippen LogP contribution is -2.51. The number of hydrogen-bond acceptors (Lipinski definition) is 5. The average Bonchev–Trinajstić information content (AvgIpc) is 3.41. The van der Waals surface area contributed by atoms with E-state index in [4.69, 9.17) is 4.98 Å². The molecule has 3 heterocycles. The first-order valence-corrected chi connectivity index (χ1v) is 11.4. The van der Waals surface area contributed by atoms with Crippen LogP contribution in [0.2, 0.25) is 0 Å². The standard InChI is InChI=1S/C21H23FN4OS2/c1-15-2-3-16(10-19(15)22)11-23-21(27)26-7-5-25(6-8-26)12-18-14-29-20(24-18)17-4-9-28-13-17/h2-4,9-10,13-14H,5-8,11-12H2,1H3,(H,23,27). The minimum atomic E-state index is -0.241. The van der Waals surface area contributed by atoms with Gasteiger partial charge in [0, 0.05) is 55.6 Å². The first-order chi connectivity index (χ1) is 14.1. The van der Waals surface area contributed by atoms with E-state index in [1.54, 1.807) is 35.7 Å². The van der Waals surface area contributed by atoms with Crippen LogP contribution in [0, 0.1) is 12.7 Å². The van der Waals surface area contributed by atoms with Crippen molar-refractivity contribution in [3.8, 4) is 10.6 Å². The summed E-state index contributed by atoms with van der Waals surface area (Å²) in [5.74, 6) is -0.241. The van der Waals surface area contributed by atoms with Crippen molar-refractivity contribution in [3.05, 3.63) is 63.0 Å². The number of carbonyl (C=O) groups is 1. The fourth-order valence-electron chi connectivity index (χ4n) is 3.27. The molecule has 2 aromatic heterocycles. The number of rotatable bonds is 5.